The zero-order chi connectivity index (χ0) is 10.9. The van der Waals surface area contributed by atoms with Crippen LogP contribution in [0.1, 0.15) is 16.8 Å². The highest BCUT2D eigenvalue weighted by Crippen LogP contribution is 2.04. The number of hydrogen-bond acceptors (Lipinski definition) is 3. The molecule has 0 saturated carbocycles. The van der Waals surface area contributed by atoms with Gasteiger partial charge in [0.1, 0.15) is 0 Å². The average Bonchev–Trinajstić information content (AvgIpc) is 2.14. The Morgan fingerprint density at radius 2 is 2.14 bits per heavy atom. The molecule has 1 heterocycles. The second-order valence-electron chi connectivity index (χ2n) is 3.19. The minimum atomic E-state index is -0.252. The quantitative estimate of drug-likeness (QED) is 0.288. The minimum absolute atomic E-state index is 0.150. The molecule has 0 aromatic carbocycles. The molecule has 1 rings (SSSR count). The summed E-state index contributed by atoms with van der Waals surface area (Å²) in [5.41, 5.74) is 6.94. The summed E-state index contributed by atoms with van der Waals surface area (Å²) in [6, 6.07) is 1.81. The van der Waals surface area contributed by atoms with Crippen LogP contribution in [-0.2, 0) is 7.05 Å². The summed E-state index contributed by atoms with van der Waals surface area (Å²) in [7, 11) is 1.64. The van der Waals surface area contributed by atoms with Gasteiger partial charge >= 0.3 is 0 Å². The van der Waals surface area contributed by atoms with Crippen LogP contribution in [0.4, 0.5) is 0 Å². The van der Waals surface area contributed by atoms with E-state index in [9.17, 15) is 4.79 Å². The van der Waals surface area contributed by atoms with Gasteiger partial charge in [-0.15, -0.1) is 0 Å². The molecule has 0 bridgehead atoms. The summed E-state index contributed by atoms with van der Waals surface area (Å²) >= 11 is 0. The van der Waals surface area contributed by atoms with Crippen molar-refractivity contribution in [1.82, 2.24) is 4.57 Å². The van der Waals surface area contributed by atoms with Gasteiger partial charge in [0.2, 0.25) is 0 Å². The molecule has 76 valence electrons. The maximum Gasteiger partial charge on any atom is 0.261 e. The molecule has 0 aliphatic carbocycles. The second kappa shape index (κ2) is 3.53. The van der Waals surface area contributed by atoms with E-state index >= 15 is 0 Å². The van der Waals surface area contributed by atoms with Crippen molar-refractivity contribution in [3.63, 3.8) is 0 Å². The first-order chi connectivity index (χ1) is 6.49. The predicted molar refractivity (Wildman–Crippen MR) is 53.7 cm³/mol. The van der Waals surface area contributed by atoms with E-state index in [1.165, 1.54) is 4.57 Å². The predicted octanol–water partition coefficient (Wildman–Crippen LogP) is 0.0966. The van der Waals surface area contributed by atoms with E-state index in [-0.39, 0.29) is 17.0 Å². The zero-order valence-corrected chi connectivity index (χ0v) is 8.40. The first-order valence-corrected chi connectivity index (χ1v) is 4.14. The lowest BCUT2D eigenvalue weighted by molar-refractivity contribution is 0.318. The van der Waals surface area contributed by atoms with Crippen LogP contribution < -0.4 is 11.3 Å². The standard InChI is InChI=1S/C9H13N3O2/c1-5-4-6(2)12(3)9(13)7(5)8(10)11-14/h4,14H,1-3H3,(H2,10,11). The third-order valence-electron chi connectivity index (χ3n) is 2.23. The summed E-state index contributed by atoms with van der Waals surface area (Å²) in [6.45, 7) is 3.58. The lowest BCUT2D eigenvalue weighted by Crippen LogP contribution is -2.31. The molecule has 0 aliphatic heterocycles. The fourth-order valence-electron chi connectivity index (χ4n) is 1.34. The van der Waals surface area contributed by atoms with Crippen molar-refractivity contribution in [2.24, 2.45) is 17.9 Å². The molecule has 0 atom stereocenters. The number of hydrogen-bond donors (Lipinski definition) is 2. The molecule has 0 amide bonds. The maximum atomic E-state index is 11.7. The molecule has 1 aromatic heterocycles. The van der Waals surface area contributed by atoms with Crippen molar-refractivity contribution in [3.05, 3.63) is 33.2 Å². The Labute approximate surface area is 81.5 Å². The van der Waals surface area contributed by atoms with Crippen LogP contribution in [0, 0.1) is 13.8 Å². The second-order valence-corrected chi connectivity index (χ2v) is 3.19. The van der Waals surface area contributed by atoms with E-state index in [2.05, 4.69) is 5.16 Å². The van der Waals surface area contributed by atoms with E-state index in [1.807, 2.05) is 13.0 Å². The normalized spacial score (nSPS) is 11.8. The summed E-state index contributed by atoms with van der Waals surface area (Å²) in [4.78, 5) is 11.7. The molecule has 14 heavy (non-hydrogen) atoms. The highest BCUT2D eigenvalue weighted by atomic mass is 16.4. The number of aryl methyl sites for hydroxylation is 2. The lowest BCUT2D eigenvalue weighted by Gasteiger charge is -2.08. The lowest BCUT2D eigenvalue weighted by atomic mass is 10.1. The smallest absolute Gasteiger partial charge is 0.261 e. The number of rotatable bonds is 1. The fourth-order valence-corrected chi connectivity index (χ4v) is 1.34. The van der Waals surface area contributed by atoms with Crippen LogP contribution in [0.5, 0.6) is 0 Å². The van der Waals surface area contributed by atoms with Gasteiger partial charge in [-0.1, -0.05) is 5.16 Å². The van der Waals surface area contributed by atoms with Crippen LogP contribution in [0.3, 0.4) is 0 Å². The highest BCUT2D eigenvalue weighted by molar-refractivity contribution is 5.97. The molecule has 0 saturated heterocycles. The number of aromatic nitrogens is 1. The van der Waals surface area contributed by atoms with Gasteiger partial charge in [0.25, 0.3) is 5.56 Å². The van der Waals surface area contributed by atoms with Crippen molar-refractivity contribution in [1.29, 1.82) is 0 Å². The van der Waals surface area contributed by atoms with Crippen LogP contribution in [-0.4, -0.2) is 15.6 Å². The molecule has 3 N–H and O–H groups in total. The average molecular weight is 195 g/mol. The summed E-state index contributed by atoms with van der Waals surface area (Å²) in [5.74, 6) is -0.150. The SMILES string of the molecule is Cc1cc(C)n(C)c(=O)c1C(N)=NO. The van der Waals surface area contributed by atoms with Crippen LogP contribution in [0.15, 0.2) is 16.0 Å². The van der Waals surface area contributed by atoms with E-state index in [0.29, 0.717) is 5.56 Å². The first-order valence-electron chi connectivity index (χ1n) is 4.14. The first kappa shape index (κ1) is 10.3. The number of pyridine rings is 1. The van der Waals surface area contributed by atoms with E-state index < -0.39 is 0 Å². The van der Waals surface area contributed by atoms with Gasteiger partial charge in [-0.25, -0.2) is 0 Å². The Hall–Kier alpha value is -1.78. The van der Waals surface area contributed by atoms with E-state index in [1.54, 1.807) is 14.0 Å². The molecule has 0 aliphatic rings. The minimum Gasteiger partial charge on any atom is -0.409 e. The van der Waals surface area contributed by atoms with Crippen LogP contribution >= 0.6 is 0 Å². The van der Waals surface area contributed by atoms with Gasteiger partial charge in [0.05, 0.1) is 5.56 Å². The summed E-state index contributed by atoms with van der Waals surface area (Å²) in [5, 5.41) is 11.3. The van der Waals surface area contributed by atoms with Crippen molar-refractivity contribution in [2.75, 3.05) is 0 Å². The Balaban J connectivity index is 3.61. The van der Waals surface area contributed by atoms with Gasteiger partial charge in [0.15, 0.2) is 5.84 Å². The Morgan fingerprint density at radius 1 is 1.57 bits per heavy atom. The van der Waals surface area contributed by atoms with Gasteiger partial charge in [-0.2, -0.15) is 0 Å². The van der Waals surface area contributed by atoms with Crippen LogP contribution in [0.25, 0.3) is 0 Å². The monoisotopic (exact) mass is 195 g/mol. The molecule has 0 fully saturated rings. The molecule has 0 unspecified atom stereocenters. The number of amidine groups is 1. The third-order valence-corrected chi connectivity index (χ3v) is 2.23. The molecular weight excluding hydrogens is 182 g/mol. The molecule has 5 heteroatoms. The van der Waals surface area contributed by atoms with Gasteiger partial charge in [-0.05, 0) is 25.5 Å². The topological polar surface area (TPSA) is 80.6 Å². The number of nitrogens with two attached hydrogens (primary N) is 1. The molecule has 5 nitrogen and oxygen atoms in total. The largest absolute Gasteiger partial charge is 0.409 e. The molecular formula is C9H13N3O2. The number of oxime groups is 1. The van der Waals surface area contributed by atoms with E-state index in [4.69, 9.17) is 10.9 Å². The Morgan fingerprint density at radius 3 is 2.64 bits per heavy atom. The Kier molecular flexibility index (Phi) is 2.60. The van der Waals surface area contributed by atoms with Gasteiger partial charge < -0.3 is 15.5 Å². The van der Waals surface area contributed by atoms with Gasteiger partial charge in [-0.3, -0.25) is 4.79 Å². The zero-order valence-electron chi connectivity index (χ0n) is 8.40. The van der Waals surface area contributed by atoms with Crippen molar-refractivity contribution in [3.8, 4) is 0 Å². The summed E-state index contributed by atoms with van der Waals surface area (Å²) in [6.07, 6.45) is 0. The third kappa shape index (κ3) is 1.48. The van der Waals surface area contributed by atoms with E-state index in [0.717, 1.165) is 5.69 Å². The van der Waals surface area contributed by atoms with Crippen molar-refractivity contribution >= 4 is 5.84 Å². The van der Waals surface area contributed by atoms with Gasteiger partial charge in [0, 0.05) is 12.7 Å². The molecule has 0 radical (unpaired) electrons. The van der Waals surface area contributed by atoms with Crippen molar-refractivity contribution < 1.29 is 5.21 Å². The number of nitrogens with zero attached hydrogens (tertiary/aromatic N) is 2. The maximum absolute atomic E-state index is 11.7. The fraction of sp³-hybridized carbons (Fsp3) is 0.333. The molecule has 0 spiro atoms. The van der Waals surface area contributed by atoms with Crippen molar-refractivity contribution in [2.45, 2.75) is 13.8 Å². The van der Waals surface area contributed by atoms with Crippen LogP contribution in [0.2, 0.25) is 0 Å². The summed E-state index contributed by atoms with van der Waals surface area (Å²) < 4.78 is 1.46. The molecule has 1 aromatic rings. The Bertz CT molecular complexity index is 446. The highest BCUT2D eigenvalue weighted by Gasteiger charge is 2.11.